The van der Waals surface area contributed by atoms with Crippen molar-refractivity contribution in [1.82, 2.24) is 4.90 Å². The summed E-state index contributed by atoms with van der Waals surface area (Å²) in [5, 5.41) is 9.00. The van der Waals surface area contributed by atoms with Gasteiger partial charge in [0.25, 0.3) is 0 Å². The number of benzene rings is 1. The second-order valence-corrected chi connectivity index (χ2v) is 5.31. The Morgan fingerprint density at radius 3 is 2.58 bits per heavy atom. The van der Waals surface area contributed by atoms with Gasteiger partial charge in [-0.15, -0.1) is 0 Å². The molecule has 0 bridgehead atoms. The number of carbonyl (C=O) groups excluding carboxylic acids is 1. The van der Waals surface area contributed by atoms with Crippen LogP contribution in [0, 0.1) is 19.8 Å². The summed E-state index contributed by atoms with van der Waals surface area (Å²) in [6, 6.07) is 6.04. The Labute approximate surface area is 113 Å². The Morgan fingerprint density at radius 1 is 1.37 bits per heavy atom. The smallest absolute Gasteiger partial charge is 0.308 e. The molecule has 1 aliphatic rings. The van der Waals surface area contributed by atoms with Gasteiger partial charge < -0.3 is 10.0 Å². The van der Waals surface area contributed by atoms with Crippen LogP contribution in [0.5, 0.6) is 0 Å². The molecule has 1 heterocycles. The van der Waals surface area contributed by atoms with Gasteiger partial charge in [0.1, 0.15) is 0 Å². The first-order valence-corrected chi connectivity index (χ1v) is 6.49. The summed E-state index contributed by atoms with van der Waals surface area (Å²) in [4.78, 5) is 24.6. The second kappa shape index (κ2) is 5.03. The van der Waals surface area contributed by atoms with Crippen molar-refractivity contribution in [2.24, 2.45) is 5.92 Å². The van der Waals surface area contributed by atoms with Crippen molar-refractivity contribution in [2.75, 3.05) is 6.54 Å². The van der Waals surface area contributed by atoms with E-state index in [9.17, 15) is 9.59 Å². The molecule has 1 N–H and O–H groups in total. The summed E-state index contributed by atoms with van der Waals surface area (Å²) >= 11 is 0. The highest BCUT2D eigenvalue weighted by Crippen LogP contribution is 2.29. The fraction of sp³-hybridized carbons (Fsp3) is 0.467. The average molecular weight is 261 g/mol. The highest BCUT2D eigenvalue weighted by molar-refractivity contribution is 5.86. The molecule has 1 aromatic rings. The minimum absolute atomic E-state index is 0.0712. The van der Waals surface area contributed by atoms with Gasteiger partial charge in [0.15, 0.2) is 0 Å². The van der Waals surface area contributed by atoms with E-state index in [2.05, 4.69) is 6.07 Å². The summed E-state index contributed by atoms with van der Waals surface area (Å²) in [5.74, 6) is -1.53. The molecule has 0 saturated carbocycles. The predicted octanol–water partition coefficient (Wildman–Crippen LogP) is 2.30. The topological polar surface area (TPSA) is 57.6 Å². The molecule has 0 spiro atoms. The fourth-order valence-corrected chi connectivity index (χ4v) is 2.48. The normalized spacial score (nSPS) is 20.7. The molecular weight excluding hydrogens is 242 g/mol. The van der Waals surface area contributed by atoms with E-state index in [-0.39, 0.29) is 18.4 Å². The number of hydrogen-bond donors (Lipinski definition) is 1. The monoisotopic (exact) mass is 261 g/mol. The highest BCUT2D eigenvalue weighted by atomic mass is 16.4. The molecule has 0 aromatic heterocycles. The van der Waals surface area contributed by atoms with Crippen LogP contribution in [0.4, 0.5) is 0 Å². The molecule has 4 nitrogen and oxygen atoms in total. The molecule has 102 valence electrons. The van der Waals surface area contributed by atoms with Gasteiger partial charge in [-0.3, -0.25) is 9.59 Å². The highest BCUT2D eigenvalue weighted by Gasteiger charge is 2.36. The zero-order valence-corrected chi connectivity index (χ0v) is 11.5. The van der Waals surface area contributed by atoms with Crippen molar-refractivity contribution in [1.29, 1.82) is 0 Å². The maximum absolute atomic E-state index is 11.9. The van der Waals surface area contributed by atoms with E-state index >= 15 is 0 Å². The van der Waals surface area contributed by atoms with E-state index in [0.717, 1.165) is 5.56 Å². The first kappa shape index (κ1) is 13.6. The lowest BCUT2D eigenvalue weighted by atomic mass is 10.0. The van der Waals surface area contributed by atoms with Gasteiger partial charge in [-0.1, -0.05) is 18.2 Å². The van der Waals surface area contributed by atoms with Crippen molar-refractivity contribution in [3.8, 4) is 0 Å². The molecule has 0 radical (unpaired) electrons. The third kappa shape index (κ3) is 2.62. The number of likely N-dealkylation sites (tertiary alicyclic amines) is 1. The van der Waals surface area contributed by atoms with E-state index in [1.807, 2.05) is 32.9 Å². The van der Waals surface area contributed by atoms with Crippen LogP contribution in [0.1, 0.15) is 36.1 Å². The maximum atomic E-state index is 11.9. The lowest BCUT2D eigenvalue weighted by Gasteiger charge is -2.25. The quantitative estimate of drug-likeness (QED) is 0.908. The number of nitrogens with zero attached hydrogens (tertiary/aromatic N) is 1. The van der Waals surface area contributed by atoms with Gasteiger partial charge in [-0.05, 0) is 37.5 Å². The number of aryl methyl sites for hydroxylation is 2. The van der Waals surface area contributed by atoms with E-state index in [1.165, 1.54) is 11.1 Å². The Balaban J connectivity index is 2.19. The minimum atomic E-state index is -0.886. The van der Waals surface area contributed by atoms with E-state index in [0.29, 0.717) is 6.54 Å². The number of amides is 1. The Kier molecular flexibility index (Phi) is 3.60. The van der Waals surface area contributed by atoms with Crippen molar-refractivity contribution in [3.63, 3.8) is 0 Å². The lowest BCUT2D eigenvalue weighted by Crippen LogP contribution is -2.29. The second-order valence-electron chi connectivity index (χ2n) is 5.31. The Hall–Kier alpha value is -1.84. The molecule has 1 saturated heterocycles. The summed E-state index contributed by atoms with van der Waals surface area (Å²) in [7, 11) is 0. The zero-order chi connectivity index (χ0) is 14.2. The Bertz CT molecular complexity index is 524. The molecule has 1 amide bonds. The molecule has 1 aromatic carbocycles. The standard InChI is InChI=1S/C15H19NO3/c1-9-4-5-12(6-10(9)2)11(3)16-8-13(15(18)19)7-14(16)17/h4-6,11,13H,7-8H2,1-3H3,(H,18,19). The van der Waals surface area contributed by atoms with Gasteiger partial charge in [0.05, 0.1) is 12.0 Å². The number of carboxylic acids is 1. The van der Waals surface area contributed by atoms with Crippen LogP contribution in [0.2, 0.25) is 0 Å². The van der Waals surface area contributed by atoms with Crippen LogP contribution >= 0.6 is 0 Å². The average Bonchev–Trinajstić information content (AvgIpc) is 2.74. The third-order valence-corrected chi connectivity index (χ3v) is 3.99. The van der Waals surface area contributed by atoms with Crippen LogP contribution in [-0.4, -0.2) is 28.4 Å². The Morgan fingerprint density at radius 2 is 2.05 bits per heavy atom. The van der Waals surface area contributed by atoms with Gasteiger partial charge in [0.2, 0.25) is 5.91 Å². The maximum Gasteiger partial charge on any atom is 0.308 e. The molecule has 0 aliphatic carbocycles. The van der Waals surface area contributed by atoms with Gasteiger partial charge >= 0.3 is 5.97 Å². The number of rotatable bonds is 3. The van der Waals surface area contributed by atoms with Crippen LogP contribution in [0.3, 0.4) is 0 Å². The minimum Gasteiger partial charge on any atom is -0.481 e. The SMILES string of the molecule is Cc1ccc(C(C)N2CC(C(=O)O)CC2=O)cc1C. The molecule has 4 heteroatoms. The zero-order valence-electron chi connectivity index (χ0n) is 11.5. The first-order chi connectivity index (χ1) is 8.90. The summed E-state index contributed by atoms with van der Waals surface area (Å²) < 4.78 is 0. The number of carboxylic acid groups (broad SMARTS) is 1. The van der Waals surface area contributed by atoms with Crippen LogP contribution in [-0.2, 0) is 9.59 Å². The van der Waals surface area contributed by atoms with E-state index < -0.39 is 11.9 Å². The summed E-state index contributed by atoms with van der Waals surface area (Å²) in [6.07, 6.45) is 0.116. The third-order valence-electron chi connectivity index (χ3n) is 3.99. The summed E-state index contributed by atoms with van der Waals surface area (Å²) in [5.41, 5.74) is 3.46. The fourth-order valence-electron chi connectivity index (χ4n) is 2.48. The van der Waals surface area contributed by atoms with Crippen molar-refractivity contribution in [3.05, 3.63) is 34.9 Å². The van der Waals surface area contributed by atoms with Crippen molar-refractivity contribution < 1.29 is 14.7 Å². The first-order valence-electron chi connectivity index (χ1n) is 6.49. The molecule has 2 atom stereocenters. The largest absolute Gasteiger partial charge is 0.481 e. The molecule has 1 fully saturated rings. The van der Waals surface area contributed by atoms with Crippen LogP contribution in [0.25, 0.3) is 0 Å². The number of aliphatic carboxylic acids is 1. The number of carbonyl (C=O) groups is 2. The molecular formula is C15H19NO3. The van der Waals surface area contributed by atoms with Gasteiger partial charge in [0, 0.05) is 13.0 Å². The predicted molar refractivity (Wildman–Crippen MR) is 71.8 cm³/mol. The van der Waals surface area contributed by atoms with Crippen LogP contribution in [0.15, 0.2) is 18.2 Å². The summed E-state index contributed by atoms with van der Waals surface area (Å²) in [6.45, 7) is 6.34. The molecule has 2 unspecified atom stereocenters. The molecule has 19 heavy (non-hydrogen) atoms. The lowest BCUT2D eigenvalue weighted by molar-refractivity contribution is -0.141. The van der Waals surface area contributed by atoms with Gasteiger partial charge in [-0.2, -0.15) is 0 Å². The molecule has 2 rings (SSSR count). The van der Waals surface area contributed by atoms with E-state index in [4.69, 9.17) is 5.11 Å². The van der Waals surface area contributed by atoms with Crippen LogP contribution < -0.4 is 0 Å². The van der Waals surface area contributed by atoms with Gasteiger partial charge in [-0.25, -0.2) is 0 Å². The van der Waals surface area contributed by atoms with E-state index in [1.54, 1.807) is 4.90 Å². The van der Waals surface area contributed by atoms with Crippen molar-refractivity contribution >= 4 is 11.9 Å². The van der Waals surface area contributed by atoms with Crippen molar-refractivity contribution in [2.45, 2.75) is 33.2 Å². The molecule has 1 aliphatic heterocycles. The number of hydrogen-bond acceptors (Lipinski definition) is 2.